The fraction of sp³-hybridized carbons (Fsp3) is 0.125. The molecule has 1 aliphatic rings. The molecule has 1 saturated heterocycles. The van der Waals surface area contributed by atoms with Gasteiger partial charge in [0.05, 0.1) is 13.0 Å². The predicted octanol–water partition coefficient (Wildman–Crippen LogP) is 2.89. The first kappa shape index (κ1) is 11.2. The number of hydrogen-bond acceptors (Lipinski definition) is 3. The lowest BCUT2D eigenvalue weighted by atomic mass is 10.1. The number of amides is 1. The van der Waals surface area contributed by atoms with Gasteiger partial charge in [-0.05, 0) is 24.3 Å². The van der Waals surface area contributed by atoms with Crippen LogP contribution in [0.1, 0.15) is 6.42 Å². The molecule has 1 amide bonds. The Kier molecular flexibility index (Phi) is 2.21. The zero-order valence-electron chi connectivity index (χ0n) is 10.6. The van der Waals surface area contributed by atoms with E-state index in [1.54, 1.807) is 0 Å². The summed E-state index contributed by atoms with van der Waals surface area (Å²) in [5.74, 6) is -0.172. The molecule has 0 aliphatic carbocycles. The minimum atomic E-state index is -0.137. The number of hydrogen-bond donors (Lipinski definition) is 0. The average Bonchev–Trinajstić information content (AvgIpc) is 2.98. The van der Waals surface area contributed by atoms with E-state index >= 15 is 0 Å². The van der Waals surface area contributed by atoms with Crippen molar-refractivity contribution in [2.45, 2.75) is 6.42 Å². The molecular weight excluding hydrogens is 254 g/mol. The van der Waals surface area contributed by atoms with Gasteiger partial charge in [-0.1, -0.05) is 18.2 Å². The van der Waals surface area contributed by atoms with Gasteiger partial charge in [0.25, 0.3) is 0 Å². The summed E-state index contributed by atoms with van der Waals surface area (Å²) in [6, 6.07) is 13.4. The molecule has 4 heteroatoms. The van der Waals surface area contributed by atoms with E-state index < -0.39 is 0 Å². The van der Waals surface area contributed by atoms with E-state index in [9.17, 15) is 9.59 Å². The summed E-state index contributed by atoms with van der Waals surface area (Å²) in [6.07, 6.45) is 0.00414. The zero-order valence-corrected chi connectivity index (χ0v) is 10.6. The van der Waals surface area contributed by atoms with Crippen molar-refractivity contribution in [3.8, 4) is 0 Å². The van der Waals surface area contributed by atoms with E-state index in [1.807, 2.05) is 42.5 Å². The van der Waals surface area contributed by atoms with Gasteiger partial charge in [-0.2, -0.15) is 0 Å². The number of benzene rings is 2. The summed E-state index contributed by atoms with van der Waals surface area (Å²) in [4.78, 5) is 24.7. The van der Waals surface area contributed by atoms with E-state index in [0.29, 0.717) is 0 Å². The molecule has 1 aromatic heterocycles. The van der Waals surface area contributed by atoms with Crippen LogP contribution in [0.25, 0.3) is 21.9 Å². The maximum absolute atomic E-state index is 11.8. The highest BCUT2D eigenvalue weighted by Crippen LogP contribution is 2.32. The molecule has 98 valence electrons. The van der Waals surface area contributed by atoms with E-state index in [0.717, 1.165) is 27.6 Å². The Hall–Kier alpha value is -2.62. The molecule has 20 heavy (non-hydrogen) atoms. The average molecular weight is 265 g/mol. The minimum absolute atomic E-state index is 0.00414. The number of ketones is 1. The number of nitrogens with zero attached hydrogens (tertiary/aromatic N) is 1. The van der Waals surface area contributed by atoms with Crippen molar-refractivity contribution in [2.24, 2.45) is 0 Å². The van der Waals surface area contributed by atoms with Crippen LogP contribution in [0.5, 0.6) is 0 Å². The second-order valence-electron chi connectivity index (χ2n) is 4.97. The number of furan rings is 1. The number of fused-ring (bicyclic) bond motifs is 3. The fourth-order valence-electron chi connectivity index (χ4n) is 2.70. The van der Waals surface area contributed by atoms with Crippen LogP contribution in [0, 0.1) is 0 Å². The number of carbonyl (C=O) groups excluding carboxylic acids is 2. The Morgan fingerprint density at radius 2 is 1.75 bits per heavy atom. The molecule has 1 fully saturated rings. The fourth-order valence-corrected chi connectivity index (χ4v) is 2.70. The van der Waals surface area contributed by atoms with Gasteiger partial charge < -0.3 is 9.32 Å². The van der Waals surface area contributed by atoms with E-state index in [-0.39, 0.29) is 24.7 Å². The van der Waals surface area contributed by atoms with Gasteiger partial charge in [0.15, 0.2) is 5.78 Å². The molecule has 4 rings (SSSR count). The molecule has 3 aromatic rings. The lowest BCUT2D eigenvalue weighted by Gasteiger charge is -2.14. The quantitative estimate of drug-likeness (QED) is 0.636. The molecule has 0 bridgehead atoms. The molecule has 0 unspecified atom stereocenters. The molecule has 0 atom stereocenters. The summed E-state index contributed by atoms with van der Waals surface area (Å²) in [6.45, 7) is 0.167. The Labute approximate surface area is 114 Å². The normalized spacial score (nSPS) is 15.7. The van der Waals surface area contributed by atoms with Crippen LogP contribution < -0.4 is 4.90 Å². The SMILES string of the molecule is O=C1CC(=O)N(c2ccc3oc4ccccc4c3c2)C1. The summed E-state index contributed by atoms with van der Waals surface area (Å²) >= 11 is 0. The first-order valence-corrected chi connectivity index (χ1v) is 6.46. The van der Waals surface area contributed by atoms with E-state index in [1.165, 1.54) is 4.90 Å². The van der Waals surface area contributed by atoms with Gasteiger partial charge in [-0.15, -0.1) is 0 Å². The molecule has 0 N–H and O–H groups in total. The van der Waals surface area contributed by atoms with E-state index in [4.69, 9.17) is 4.42 Å². The summed E-state index contributed by atoms with van der Waals surface area (Å²) < 4.78 is 5.75. The minimum Gasteiger partial charge on any atom is -0.456 e. The van der Waals surface area contributed by atoms with Crippen molar-refractivity contribution in [1.82, 2.24) is 0 Å². The molecule has 2 aromatic carbocycles. The molecule has 0 radical (unpaired) electrons. The lowest BCUT2D eigenvalue weighted by Crippen LogP contribution is -2.24. The number of anilines is 1. The Morgan fingerprint density at radius 1 is 0.950 bits per heavy atom. The van der Waals surface area contributed by atoms with Crippen LogP contribution in [-0.4, -0.2) is 18.2 Å². The van der Waals surface area contributed by atoms with Crippen LogP contribution >= 0.6 is 0 Å². The summed E-state index contributed by atoms with van der Waals surface area (Å²) in [5, 5.41) is 1.98. The van der Waals surface area contributed by atoms with Gasteiger partial charge in [-0.3, -0.25) is 9.59 Å². The van der Waals surface area contributed by atoms with Crippen molar-refractivity contribution in [1.29, 1.82) is 0 Å². The zero-order chi connectivity index (χ0) is 13.7. The van der Waals surface area contributed by atoms with Crippen LogP contribution in [0.15, 0.2) is 46.9 Å². The third-order valence-corrected chi connectivity index (χ3v) is 3.66. The van der Waals surface area contributed by atoms with Crippen molar-refractivity contribution in [3.05, 3.63) is 42.5 Å². The van der Waals surface area contributed by atoms with Gasteiger partial charge in [0.1, 0.15) is 11.2 Å². The molecular formula is C16H11NO3. The van der Waals surface area contributed by atoms with Crippen LogP contribution in [-0.2, 0) is 9.59 Å². The van der Waals surface area contributed by atoms with Crippen molar-refractivity contribution in [3.63, 3.8) is 0 Å². The Morgan fingerprint density at radius 3 is 2.55 bits per heavy atom. The third-order valence-electron chi connectivity index (χ3n) is 3.66. The van der Waals surface area contributed by atoms with Gasteiger partial charge >= 0.3 is 0 Å². The molecule has 0 spiro atoms. The number of para-hydroxylation sites is 1. The van der Waals surface area contributed by atoms with Crippen LogP contribution in [0.2, 0.25) is 0 Å². The third kappa shape index (κ3) is 1.54. The van der Waals surface area contributed by atoms with Crippen molar-refractivity contribution >= 4 is 39.3 Å². The first-order valence-electron chi connectivity index (χ1n) is 6.46. The second kappa shape index (κ2) is 3.93. The van der Waals surface area contributed by atoms with Gasteiger partial charge in [0, 0.05) is 16.5 Å². The highest BCUT2D eigenvalue weighted by Gasteiger charge is 2.28. The number of Topliss-reactive ketones (excluding diaryl/α,β-unsaturated/α-hetero) is 1. The first-order chi connectivity index (χ1) is 9.72. The van der Waals surface area contributed by atoms with Crippen molar-refractivity contribution < 1.29 is 14.0 Å². The standard InChI is InChI=1S/C16H11NO3/c18-11-8-16(19)17(9-11)10-5-6-15-13(7-10)12-3-1-2-4-14(12)20-15/h1-7H,8-9H2. The van der Waals surface area contributed by atoms with E-state index in [2.05, 4.69) is 0 Å². The lowest BCUT2D eigenvalue weighted by molar-refractivity contribution is -0.121. The number of carbonyl (C=O) groups is 2. The molecule has 4 nitrogen and oxygen atoms in total. The van der Waals surface area contributed by atoms with Crippen LogP contribution in [0.4, 0.5) is 5.69 Å². The monoisotopic (exact) mass is 265 g/mol. The topological polar surface area (TPSA) is 50.5 Å². The second-order valence-corrected chi connectivity index (χ2v) is 4.97. The van der Waals surface area contributed by atoms with Crippen LogP contribution in [0.3, 0.4) is 0 Å². The predicted molar refractivity (Wildman–Crippen MR) is 75.7 cm³/mol. The molecule has 1 aliphatic heterocycles. The van der Waals surface area contributed by atoms with Gasteiger partial charge in [-0.25, -0.2) is 0 Å². The Bertz CT molecular complexity index is 862. The number of rotatable bonds is 1. The highest BCUT2D eigenvalue weighted by molar-refractivity contribution is 6.16. The largest absolute Gasteiger partial charge is 0.456 e. The smallest absolute Gasteiger partial charge is 0.234 e. The van der Waals surface area contributed by atoms with Crippen molar-refractivity contribution in [2.75, 3.05) is 11.4 Å². The summed E-state index contributed by atoms with van der Waals surface area (Å²) in [7, 11) is 0. The molecule has 0 saturated carbocycles. The Balaban J connectivity index is 1.92. The maximum atomic E-state index is 11.8. The summed E-state index contributed by atoms with van der Waals surface area (Å²) in [5.41, 5.74) is 2.36. The highest BCUT2D eigenvalue weighted by atomic mass is 16.3. The maximum Gasteiger partial charge on any atom is 0.234 e. The van der Waals surface area contributed by atoms with Gasteiger partial charge in [0.2, 0.25) is 5.91 Å². The molecule has 2 heterocycles.